The fraction of sp³-hybridized carbons (Fsp3) is 0.579. The number of likely N-dealkylation sites (tertiary alicyclic amines) is 1. The van der Waals surface area contributed by atoms with Crippen LogP contribution in [-0.4, -0.2) is 34.0 Å². The van der Waals surface area contributed by atoms with Gasteiger partial charge >= 0.3 is 0 Å². The van der Waals surface area contributed by atoms with Gasteiger partial charge in [0.25, 0.3) is 0 Å². The standard InChI is InChI=1S/C19H23NO3/c21-16-12-19(11-8-14-6-2-3-7-15(14)19)17(22)20(16)13-18(23)9-4-1-5-10-18/h2-3,6-7,23H,1,4-5,8-13H2. The summed E-state index contributed by atoms with van der Waals surface area (Å²) in [6.07, 6.45) is 6.28. The number of β-amino-alcohol motifs (C(OH)–C–C–N with tert-alkyl or cyclic N) is 1. The van der Waals surface area contributed by atoms with Crippen molar-refractivity contribution in [3.8, 4) is 0 Å². The molecule has 0 radical (unpaired) electrons. The number of carbonyl (C=O) groups is 2. The molecule has 1 heterocycles. The Balaban J connectivity index is 1.63. The molecule has 1 N–H and O–H groups in total. The van der Waals surface area contributed by atoms with E-state index in [1.54, 1.807) is 0 Å². The molecule has 1 unspecified atom stereocenters. The van der Waals surface area contributed by atoms with E-state index in [9.17, 15) is 14.7 Å². The third-order valence-corrected chi connectivity index (χ3v) is 6.00. The van der Waals surface area contributed by atoms with Crippen LogP contribution in [0.15, 0.2) is 24.3 Å². The summed E-state index contributed by atoms with van der Waals surface area (Å²) < 4.78 is 0. The van der Waals surface area contributed by atoms with Crippen LogP contribution in [0.1, 0.15) is 56.1 Å². The number of aryl methyl sites for hydroxylation is 1. The fourth-order valence-corrected chi connectivity index (χ4v) is 4.72. The first-order chi connectivity index (χ1) is 11.0. The number of hydrogen-bond acceptors (Lipinski definition) is 3. The van der Waals surface area contributed by atoms with Gasteiger partial charge in [0.15, 0.2) is 0 Å². The summed E-state index contributed by atoms with van der Waals surface area (Å²) in [7, 11) is 0. The van der Waals surface area contributed by atoms with Crippen LogP contribution >= 0.6 is 0 Å². The van der Waals surface area contributed by atoms with Gasteiger partial charge in [0.05, 0.1) is 17.6 Å². The van der Waals surface area contributed by atoms with Crippen molar-refractivity contribution in [2.75, 3.05) is 6.54 Å². The molecule has 2 amide bonds. The van der Waals surface area contributed by atoms with Crippen molar-refractivity contribution in [2.45, 2.75) is 62.4 Å². The number of carbonyl (C=O) groups excluding carboxylic acids is 2. The van der Waals surface area contributed by atoms with E-state index in [0.29, 0.717) is 19.3 Å². The summed E-state index contributed by atoms with van der Waals surface area (Å²) >= 11 is 0. The number of hydrogen-bond donors (Lipinski definition) is 1. The summed E-state index contributed by atoms with van der Waals surface area (Å²) in [5, 5.41) is 10.7. The molecule has 2 aliphatic carbocycles. The maximum absolute atomic E-state index is 13.1. The maximum atomic E-state index is 13.1. The lowest BCUT2D eigenvalue weighted by atomic mass is 9.80. The number of aliphatic hydroxyl groups is 1. The zero-order valence-corrected chi connectivity index (χ0v) is 13.4. The minimum absolute atomic E-state index is 0.0913. The third kappa shape index (κ3) is 2.23. The number of amides is 2. The van der Waals surface area contributed by atoms with Crippen molar-refractivity contribution >= 4 is 11.8 Å². The van der Waals surface area contributed by atoms with E-state index >= 15 is 0 Å². The second kappa shape index (κ2) is 5.17. The predicted molar refractivity (Wildman–Crippen MR) is 85.8 cm³/mol. The van der Waals surface area contributed by atoms with E-state index < -0.39 is 11.0 Å². The van der Waals surface area contributed by atoms with Crippen LogP contribution in [0.5, 0.6) is 0 Å². The van der Waals surface area contributed by atoms with Crippen molar-refractivity contribution in [3.63, 3.8) is 0 Å². The van der Waals surface area contributed by atoms with Gasteiger partial charge < -0.3 is 5.11 Å². The van der Waals surface area contributed by atoms with Gasteiger partial charge in [-0.1, -0.05) is 43.5 Å². The van der Waals surface area contributed by atoms with Crippen LogP contribution in [0.4, 0.5) is 0 Å². The molecule has 1 aromatic carbocycles. The van der Waals surface area contributed by atoms with Crippen LogP contribution < -0.4 is 0 Å². The molecule has 0 bridgehead atoms. The molecule has 4 rings (SSSR count). The Kier molecular flexibility index (Phi) is 3.34. The van der Waals surface area contributed by atoms with E-state index in [1.165, 1.54) is 10.5 Å². The van der Waals surface area contributed by atoms with Crippen molar-refractivity contribution in [3.05, 3.63) is 35.4 Å². The van der Waals surface area contributed by atoms with E-state index in [-0.39, 0.29) is 24.8 Å². The molecular formula is C19H23NO3. The second-order valence-corrected chi connectivity index (χ2v) is 7.49. The largest absolute Gasteiger partial charge is 0.388 e. The summed E-state index contributed by atoms with van der Waals surface area (Å²) in [4.78, 5) is 27.0. The average molecular weight is 313 g/mol. The molecule has 4 nitrogen and oxygen atoms in total. The second-order valence-electron chi connectivity index (χ2n) is 7.49. The van der Waals surface area contributed by atoms with Gasteiger partial charge in [-0.3, -0.25) is 14.5 Å². The minimum Gasteiger partial charge on any atom is -0.388 e. The normalized spacial score (nSPS) is 29.3. The molecule has 1 aliphatic heterocycles. The van der Waals surface area contributed by atoms with E-state index in [0.717, 1.165) is 31.2 Å². The molecule has 23 heavy (non-hydrogen) atoms. The lowest BCUT2D eigenvalue weighted by Crippen LogP contribution is -2.48. The average Bonchev–Trinajstić information content (AvgIpc) is 3.03. The van der Waals surface area contributed by atoms with Crippen molar-refractivity contribution in [2.24, 2.45) is 0 Å². The first-order valence-electron chi connectivity index (χ1n) is 8.70. The fourth-order valence-electron chi connectivity index (χ4n) is 4.72. The molecule has 2 fully saturated rings. The van der Waals surface area contributed by atoms with Crippen LogP contribution in [-0.2, 0) is 21.4 Å². The molecule has 1 spiro atoms. The van der Waals surface area contributed by atoms with Gasteiger partial charge in [-0.05, 0) is 36.8 Å². The summed E-state index contributed by atoms with van der Waals surface area (Å²) in [6, 6.07) is 7.98. The van der Waals surface area contributed by atoms with Gasteiger partial charge in [0.2, 0.25) is 11.8 Å². The Hall–Kier alpha value is -1.68. The highest BCUT2D eigenvalue weighted by atomic mass is 16.3. The van der Waals surface area contributed by atoms with Crippen molar-refractivity contribution < 1.29 is 14.7 Å². The molecule has 122 valence electrons. The number of imide groups is 1. The van der Waals surface area contributed by atoms with E-state index in [1.807, 2.05) is 18.2 Å². The first kappa shape index (κ1) is 14.9. The van der Waals surface area contributed by atoms with Crippen molar-refractivity contribution in [1.82, 2.24) is 4.90 Å². The third-order valence-electron chi connectivity index (χ3n) is 6.00. The lowest BCUT2D eigenvalue weighted by Gasteiger charge is -2.35. The number of rotatable bonds is 2. The van der Waals surface area contributed by atoms with Crippen LogP contribution in [0, 0.1) is 0 Å². The molecular weight excluding hydrogens is 290 g/mol. The summed E-state index contributed by atoms with van der Waals surface area (Å²) in [6.45, 7) is 0.175. The zero-order chi connectivity index (χ0) is 16.1. The van der Waals surface area contributed by atoms with Crippen LogP contribution in [0.3, 0.4) is 0 Å². The smallest absolute Gasteiger partial charge is 0.240 e. The molecule has 1 saturated carbocycles. The van der Waals surface area contributed by atoms with Crippen LogP contribution in [0.2, 0.25) is 0 Å². The highest BCUT2D eigenvalue weighted by Crippen LogP contribution is 2.47. The SMILES string of the molecule is O=C1CC2(CCc3ccccc32)C(=O)N1CC1(O)CCCCC1. The Bertz CT molecular complexity index is 662. The van der Waals surface area contributed by atoms with Gasteiger partial charge in [-0.25, -0.2) is 0 Å². The Morgan fingerprint density at radius 1 is 1.04 bits per heavy atom. The molecule has 3 aliphatic rings. The highest BCUT2D eigenvalue weighted by Gasteiger charge is 2.56. The topological polar surface area (TPSA) is 57.6 Å². The molecule has 1 saturated heterocycles. The zero-order valence-electron chi connectivity index (χ0n) is 13.4. The van der Waals surface area contributed by atoms with E-state index in [4.69, 9.17) is 0 Å². The predicted octanol–water partition coefficient (Wildman–Crippen LogP) is 2.32. The maximum Gasteiger partial charge on any atom is 0.240 e. The Labute approximate surface area is 136 Å². The minimum atomic E-state index is -0.882. The van der Waals surface area contributed by atoms with Crippen molar-refractivity contribution in [1.29, 1.82) is 0 Å². The molecule has 1 aromatic rings. The monoisotopic (exact) mass is 313 g/mol. The summed E-state index contributed by atoms with van der Waals surface area (Å²) in [5.41, 5.74) is 0.662. The molecule has 4 heteroatoms. The van der Waals surface area contributed by atoms with Gasteiger partial charge in [-0.15, -0.1) is 0 Å². The number of nitrogens with zero attached hydrogens (tertiary/aromatic N) is 1. The Morgan fingerprint density at radius 3 is 2.57 bits per heavy atom. The lowest BCUT2D eigenvalue weighted by molar-refractivity contribution is -0.145. The quantitative estimate of drug-likeness (QED) is 0.853. The number of fused-ring (bicyclic) bond motifs is 2. The first-order valence-corrected chi connectivity index (χ1v) is 8.70. The highest BCUT2D eigenvalue weighted by molar-refractivity contribution is 6.09. The summed E-state index contributed by atoms with van der Waals surface area (Å²) in [5.74, 6) is -0.211. The van der Waals surface area contributed by atoms with Gasteiger partial charge in [-0.2, -0.15) is 0 Å². The van der Waals surface area contributed by atoms with Gasteiger partial charge in [0, 0.05) is 6.42 Å². The van der Waals surface area contributed by atoms with Gasteiger partial charge in [0.1, 0.15) is 0 Å². The number of benzene rings is 1. The van der Waals surface area contributed by atoms with E-state index in [2.05, 4.69) is 6.07 Å². The molecule has 1 atom stereocenters. The van der Waals surface area contributed by atoms with Crippen LogP contribution in [0.25, 0.3) is 0 Å². The Morgan fingerprint density at radius 2 is 1.78 bits per heavy atom. The molecule has 0 aromatic heterocycles.